The molecule has 29 heavy (non-hydrogen) atoms. The van der Waals surface area contributed by atoms with Gasteiger partial charge in [0.25, 0.3) is 10.0 Å². The molecule has 1 unspecified atom stereocenters. The van der Waals surface area contributed by atoms with E-state index in [1.54, 1.807) is 42.5 Å². The monoisotopic (exact) mass is 416 g/mol. The van der Waals surface area contributed by atoms with Gasteiger partial charge in [0.05, 0.1) is 30.0 Å². The molecule has 1 atom stereocenters. The minimum Gasteiger partial charge on any atom is -0.495 e. The minimum atomic E-state index is -3.93. The standard InChI is InChI=1S/C21H24N2O5S/c1-27-17-12-16-13-19(20(24)11-15-7-9-28-10-8-15)23(21(16)22-14-17)29(25,26)18-5-3-2-4-6-18/h2-6,12-15,20,24H,7-11H2,1H3. The number of benzene rings is 1. The van der Waals surface area contributed by atoms with E-state index in [0.717, 1.165) is 12.8 Å². The number of hydrogen-bond acceptors (Lipinski definition) is 6. The molecule has 4 rings (SSSR count). The lowest BCUT2D eigenvalue weighted by atomic mass is 9.92. The van der Waals surface area contributed by atoms with Gasteiger partial charge in [0.2, 0.25) is 0 Å². The molecule has 0 bridgehead atoms. The molecule has 154 valence electrons. The van der Waals surface area contributed by atoms with Crippen LogP contribution in [0.25, 0.3) is 11.0 Å². The van der Waals surface area contributed by atoms with Gasteiger partial charge < -0.3 is 14.6 Å². The van der Waals surface area contributed by atoms with E-state index in [2.05, 4.69) is 4.98 Å². The number of ether oxygens (including phenoxy) is 2. The van der Waals surface area contributed by atoms with Crippen LogP contribution in [0.5, 0.6) is 5.75 Å². The largest absolute Gasteiger partial charge is 0.495 e. The molecule has 1 aliphatic heterocycles. The molecule has 1 N–H and O–H groups in total. The van der Waals surface area contributed by atoms with Gasteiger partial charge in [-0.2, -0.15) is 0 Å². The normalized spacial score (nSPS) is 16.8. The Hall–Kier alpha value is -2.42. The summed E-state index contributed by atoms with van der Waals surface area (Å²) in [5.41, 5.74) is 0.590. The maximum atomic E-state index is 13.4. The SMILES string of the molecule is COc1cnc2c(c1)cc(C(O)CC1CCOCC1)n2S(=O)(=O)c1ccccc1. The van der Waals surface area contributed by atoms with Crippen molar-refractivity contribution >= 4 is 21.1 Å². The summed E-state index contributed by atoms with van der Waals surface area (Å²) in [5, 5.41) is 11.6. The quantitative estimate of drug-likeness (QED) is 0.664. The highest BCUT2D eigenvalue weighted by Crippen LogP contribution is 2.34. The van der Waals surface area contributed by atoms with Crippen molar-refractivity contribution in [3.05, 3.63) is 54.4 Å². The van der Waals surface area contributed by atoms with Crippen molar-refractivity contribution in [3.8, 4) is 5.75 Å². The van der Waals surface area contributed by atoms with Gasteiger partial charge in [0.15, 0.2) is 5.65 Å². The van der Waals surface area contributed by atoms with Crippen LogP contribution in [0.4, 0.5) is 0 Å². The Morgan fingerprint density at radius 2 is 1.97 bits per heavy atom. The highest BCUT2D eigenvalue weighted by molar-refractivity contribution is 7.90. The Bertz CT molecular complexity index is 1090. The van der Waals surface area contributed by atoms with E-state index >= 15 is 0 Å². The van der Waals surface area contributed by atoms with Crippen LogP contribution in [0.3, 0.4) is 0 Å². The molecular formula is C21H24N2O5S. The van der Waals surface area contributed by atoms with E-state index in [9.17, 15) is 13.5 Å². The second kappa shape index (κ2) is 8.14. The van der Waals surface area contributed by atoms with E-state index < -0.39 is 16.1 Å². The molecule has 0 aliphatic carbocycles. The predicted molar refractivity (Wildman–Crippen MR) is 108 cm³/mol. The number of aliphatic hydroxyl groups is 1. The number of rotatable bonds is 6. The van der Waals surface area contributed by atoms with Crippen LogP contribution in [0.15, 0.2) is 53.6 Å². The molecule has 0 radical (unpaired) electrons. The van der Waals surface area contributed by atoms with Crippen molar-refractivity contribution in [3.63, 3.8) is 0 Å². The van der Waals surface area contributed by atoms with Gasteiger partial charge >= 0.3 is 0 Å². The molecule has 1 aromatic carbocycles. The second-order valence-corrected chi connectivity index (χ2v) is 9.03. The van der Waals surface area contributed by atoms with Gasteiger partial charge in [-0.15, -0.1) is 0 Å². The van der Waals surface area contributed by atoms with Crippen molar-refractivity contribution in [1.82, 2.24) is 8.96 Å². The average molecular weight is 416 g/mol. The molecule has 1 aliphatic rings. The summed E-state index contributed by atoms with van der Waals surface area (Å²) in [7, 11) is -2.40. The molecule has 8 heteroatoms. The Kier molecular flexibility index (Phi) is 5.58. The first kappa shape index (κ1) is 19.9. The number of nitrogens with zero attached hydrogens (tertiary/aromatic N) is 2. The zero-order valence-electron chi connectivity index (χ0n) is 16.2. The Morgan fingerprint density at radius 3 is 2.66 bits per heavy atom. The first-order valence-corrected chi connectivity index (χ1v) is 11.1. The fraction of sp³-hybridized carbons (Fsp3) is 0.381. The van der Waals surface area contributed by atoms with E-state index in [-0.39, 0.29) is 16.5 Å². The first-order chi connectivity index (χ1) is 14.0. The Morgan fingerprint density at radius 1 is 1.24 bits per heavy atom. The summed E-state index contributed by atoms with van der Waals surface area (Å²) >= 11 is 0. The van der Waals surface area contributed by atoms with Gasteiger partial charge in [0, 0.05) is 18.6 Å². The lowest BCUT2D eigenvalue weighted by Crippen LogP contribution is -2.21. The number of aromatic nitrogens is 2. The first-order valence-electron chi connectivity index (χ1n) is 9.62. The van der Waals surface area contributed by atoms with Crippen LogP contribution in [-0.4, -0.2) is 42.8 Å². The number of pyridine rings is 1. The van der Waals surface area contributed by atoms with Crippen molar-refractivity contribution in [1.29, 1.82) is 0 Å². The molecule has 1 saturated heterocycles. The third-order valence-corrected chi connectivity index (χ3v) is 7.09. The highest BCUT2D eigenvalue weighted by atomic mass is 32.2. The van der Waals surface area contributed by atoms with Crippen LogP contribution in [0.1, 0.15) is 31.1 Å². The molecule has 1 fully saturated rings. The van der Waals surface area contributed by atoms with E-state index in [0.29, 0.717) is 36.5 Å². The topological polar surface area (TPSA) is 90.7 Å². The Balaban J connectivity index is 1.83. The molecule has 0 amide bonds. The summed E-state index contributed by atoms with van der Waals surface area (Å²) < 4.78 is 38.7. The summed E-state index contributed by atoms with van der Waals surface area (Å²) in [6.07, 6.45) is 2.73. The van der Waals surface area contributed by atoms with E-state index in [1.807, 2.05) is 0 Å². The van der Waals surface area contributed by atoms with Crippen molar-refractivity contribution in [2.24, 2.45) is 5.92 Å². The minimum absolute atomic E-state index is 0.148. The highest BCUT2D eigenvalue weighted by Gasteiger charge is 2.29. The molecule has 3 aromatic rings. The second-order valence-electron chi connectivity index (χ2n) is 7.25. The van der Waals surface area contributed by atoms with E-state index in [1.165, 1.54) is 17.3 Å². The maximum Gasteiger partial charge on any atom is 0.269 e. The molecule has 2 aromatic heterocycles. The summed E-state index contributed by atoms with van der Waals surface area (Å²) in [4.78, 5) is 4.47. The van der Waals surface area contributed by atoms with Crippen LogP contribution in [-0.2, 0) is 14.8 Å². The van der Waals surface area contributed by atoms with Gasteiger partial charge in [-0.05, 0) is 49.4 Å². The fourth-order valence-corrected chi connectivity index (χ4v) is 5.33. The van der Waals surface area contributed by atoms with Gasteiger partial charge in [-0.25, -0.2) is 17.4 Å². The lowest BCUT2D eigenvalue weighted by Gasteiger charge is -2.24. The van der Waals surface area contributed by atoms with Crippen LogP contribution in [0, 0.1) is 5.92 Å². The van der Waals surface area contributed by atoms with Crippen LogP contribution in [0.2, 0.25) is 0 Å². The van der Waals surface area contributed by atoms with Crippen molar-refractivity contribution in [2.45, 2.75) is 30.3 Å². The van der Waals surface area contributed by atoms with Crippen LogP contribution >= 0.6 is 0 Å². The third-order valence-electron chi connectivity index (χ3n) is 5.36. The number of fused-ring (bicyclic) bond motifs is 1. The molecule has 0 saturated carbocycles. The fourth-order valence-electron chi connectivity index (χ4n) is 3.78. The number of aliphatic hydroxyl groups excluding tert-OH is 1. The molecule has 7 nitrogen and oxygen atoms in total. The average Bonchev–Trinajstić information content (AvgIpc) is 3.14. The molecular weight excluding hydrogens is 392 g/mol. The lowest BCUT2D eigenvalue weighted by molar-refractivity contribution is 0.0426. The number of methoxy groups -OCH3 is 1. The van der Waals surface area contributed by atoms with Crippen molar-refractivity contribution in [2.75, 3.05) is 20.3 Å². The number of hydrogen-bond donors (Lipinski definition) is 1. The van der Waals surface area contributed by atoms with Gasteiger partial charge in [-0.3, -0.25) is 0 Å². The predicted octanol–water partition coefficient (Wildman–Crippen LogP) is 3.13. The van der Waals surface area contributed by atoms with Crippen LogP contribution < -0.4 is 4.74 Å². The van der Waals surface area contributed by atoms with Gasteiger partial charge in [0.1, 0.15) is 5.75 Å². The zero-order chi connectivity index (χ0) is 20.4. The maximum absolute atomic E-state index is 13.4. The smallest absolute Gasteiger partial charge is 0.269 e. The zero-order valence-corrected chi connectivity index (χ0v) is 17.0. The summed E-state index contributed by atoms with van der Waals surface area (Å²) in [6.45, 7) is 1.34. The van der Waals surface area contributed by atoms with E-state index in [4.69, 9.17) is 9.47 Å². The molecule has 0 spiro atoms. The summed E-state index contributed by atoms with van der Waals surface area (Å²) in [5.74, 6) is 0.810. The molecule has 3 heterocycles. The van der Waals surface area contributed by atoms with Gasteiger partial charge in [-0.1, -0.05) is 18.2 Å². The van der Waals surface area contributed by atoms with Crippen molar-refractivity contribution < 1.29 is 23.0 Å². The third kappa shape index (κ3) is 3.88. The summed E-state index contributed by atoms with van der Waals surface area (Å²) in [6, 6.07) is 11.6. The Labute approximate surface area is 170 Å².